The summed E-state index contributed by atoms with van der Waals surface area (Å²) in [7, 11) is 0. The van der Waals surface area contributed by atoms with Crippen LogP contribution in [0.25, 0.3) is 0 Å². The number of thiophene rings is 1. The molecule has 110 valence electrons. The molecule has 0 aliphatic heterocycles. The van der Waals surface area contributed by atoms with Gasteiger partial charge >= 0.3 is 11.9 Å². The fourth-order valence-electron chi connectivity index (χ4n) is 1.97. The Hall–Kier alpha value is -2.14. The summed E-state index contributed by atoms with van der Waals surface area (Å²) < 4.78 is 5.24. The van der Waals surface area contributed by atoms with Crippen molar-refractivity contribution in [2.45, 2.75) is 19.4 Å². The molecule has 0 aliphatic rings. The number of ether oxygens (including phenoxy) is 1. The van der Waals surface area contributed by atoms with Crippen molar-refractivity contribution in [1.29, 1.82) is 0 Å². The van der Waals surface area contributed by atoms with Crippen molar-refractivity contribution in [3.8, 4) is 0 Å². The number of esters is 1. The monoisotopic (exact) mass is 304 g/mol. The van der Waals surface area contributed by atoms with Gasteiger partial charge in [0.05, 0.1) is 12.3 Å². The third-order valence-electron chi connectivity index (χ3n) is 3.01. The van der Waals surface area contributed by atoms with E-state index in [1.54, 1.807) is 0 Å². The summed E-state index contributed by atoms with van der Waals surface area (Å²) in [6.07, 6.45) is 0.184. The molecule has 1 atom stereocenters. The van der Waals surface area contributed by atoms with Crippen LogP contribution in [0.1, 0.15) is 16.9 Å². The second-order valence-corrected chi connectivity index (χ2v) is 5.70. The molecule has 0 aliphatic carbocycles. The summed E-state index contributed by atoms with van der Waals surface area (Å²) in [5.41, 5.74) is 0.885. The normalized spacial score (nSPS) is 11.8. The standard InChI is InChI=1S/C16H16O4S/c17-15(18)10-13(9-14-7-4-8-21-14)16(19)20-11-12-5-2-1-3-6-12/h1-8,13H,9-11H2,(H,17,18)/t13-/m0/s1. The Bertz CT molecular complexity index is 578. The minimum atomic E-state index is -0.992. The quantitative estimate of drug-likeness (QED) is 0.798. The van der Waals surface area contributed by atoms with Gasteiger partial charge in [-0.2, -0.15) is 0 Å². The highest BCUT2D eigenvalue weighted by Gasteiger charge is 2.24. The molecule has 1 N–H and O–H groups in total. The number of hydrogen-bond donors (Lipinski definition) is 1. The molecular weight excluding hydrogens is 288 g/mol. The minimum Gasteiger partial charge on any atom is -0.481 e. The van der Waals surface area contributed by atoms with Gasteiger partial charge in [0.15, 0.2) is 0 Å². The second kappa shape index (κ2) is 7.59. The number of rotatable bonds is 7. The van der Waals surface area contributed by atoms with E-state index in [0.717, 1.165) is 10.4 Å². The summed E-state index contributed by atoms with van der Waals surface area (Å²) in [4.78, 5) is 24.0. The minimum absolute atomic E-state index is 0.167. The highest BCUT2D eigenvalue weighted by molar-refractivity contribution is 7.09. The molecule has 5 heteroatoms. The third-order valence-corrected chi connectivity index (χ3v) is 3.90. The molecule has 21 heavy (non-hydrogen) atoms. The maximum Gasteiger partial charge on any atom is 0.310 e. The van der Waals surface area contributed by atoms with Gasteiger partial charge in [-0.3, -0.25) is 9.59 Å². The van der Waals surface area contributed by atoms with Crippen LogP contribution in [0.3, 0.4) is 0 Å². The van der Waals surface area contributed by atoms with Crippen LogP contribution in [-0.2, 0) is 27.4 Å². The van der Waals surface area contributed by atoms with E-state index in [1.165, 1.54) is 11.3 Å². The van der Waals surface area contributed by atoms with E-state index in [9.17, 15) is 9.59 Å². The van der Waals surface area contributed by atoms with Crippen molar-refractivity contribution in [2.24, 2.45) is 5.92 Å². The van der Waals surface area contributed by atoms with Crippen LogP contribution in [0.5, 0.6) is 0 Å². The lowest BCUT2D eigenvalue weighted by Crippen LogP contribution is -2.22. The molecule has 2 aromatic rings. The van der Waals surface area contributed by atoms with Crippen molar-refractivity contribution >= 4 is 23.3 Å². The molecule has 1 heterocycles. The number of carbonyl (C=O) groups excluding carboxylic acids is 1. The first-order valence-corrected chi connectivity index (χ1v) is 7.48. The zero-order valence-electron chi connectivity index (χ0n) is 11.4. The summed E-state index contributed by atoms with van der Waals surface area (Å²) in [6, 6.07) is 13.1. The van der Waals surface area contributed by atoms with Crippen molar-refractivity contribution in [3.63, 3.8) is 0 Å². The molecular formula is C16H16O4S. The number of carboxylic acids is 1. The molecule has 0 unspecified atom stereocenters. The molecule has 2 rings (SSSR count). The summed E-state index contributed by atoms with van der Waals surface area (Å²) >= 11 is 1.51. The third kappa shape index (κ3) is 5.04. The number of benzene rings is 1. The summed E-state index contributed by atoms with van der Waals surface area (Å²) in [5.74, 6) is -2.10. The van der Waals surface area contributed by atoms with Crippen molar-refractivity contribution < 1.29 is 19.4 Å². The molecule has 0 bridgehead atoms. The van der Waals surface area contributed by atoms with E-state index in [0.29, 0.717) is 6.42 Å². The molecule has 0 saturated heterocycles. The number of aliphatic carboxylic acids is 1. The van der Waals surface area contributed by atoms with E-state index >= 15 is 0 Å². The Balaban J connectivity index is 1.95. The number of carboxylic acid groups (broad SMARTS) is 1. The molecule has 1 aromatic heterocycles. The molecule has 0 spiro atoms. The van der Waals surface area contributed by atoms with Gasteiger partial charge in [-0.25, -0.2) is 0 Å². The van der Waals surface area contributed by atoms with Crippen LogP contribution in [0.2, 0.25) is 0 Å². The lowest BCUT2D eigenvalue weighted by atomic mass is 10.0. The largest absolute Gasteiger partial charge is 0.481 e. The van der Waals surface area contributed by atoms with Gasteiger partial charge < -0.3 is 9.84 Å². The average Bonchev–Trinajstić information content (AvgIpc) is 2.98. The Kier molecular flexibility index (Phi) is 5.51. The van der Waals surface area contributed by atoms with E-state index in [2.05, 4.69) is 0 Å². The second-order valence-electron chi connectivity index (χ2n) is 4.67. The first-order chi connectivity index (χ1) is 10.1. The molecule has 1 aromatic carbocycles. The van der Waals surface area contributed by atoms with E-state index in [1.807, 2.05) is 47.8 Å². The first-order valence-electron chi connectivity index (χ1n) is 6.60. The Morgan fingerprint density at radius 3 is 2.52 bits per heavy atom. The van der Waals surface area contributed by atoms with Crippen molar-refractivity contribution in [1.82, 2.24) is 0 Å². The predicted octanol–water partition coefficient (Wildman–Crippen LogP) is 3.12. The number of hydrogen-bond acceptors (Lipinski definition) is 4. The average molecular weight is 304 g/mol. The first kappa shape index (κ1) is 15.3. The maximum absolute atomic E-state index is 12.1. The van der Waals surface area contributed by atoms with E-state index in [-0.39, 0.29) is 13.0 Å². The van der Waals surface area contributed by atoms with Crippen LogP contribution in [-0.4, -0.2) is 17.0 Å². The Morgan fingerprint density at radius 1 is 1.14 bits per heavy atom. The lowest BCUT2D eigenvalue weighted by Gasteiger charge is -2.13. The highest BCUT2D eigenvalue weighted by atomic mass is 32.1. The van der Waals surface area contributed by atoms with Crippen LogP contribution in [0, 0.1) is 5.92 Å². The summed E-state index contributed by atoms with van der Waals surface area (Å²) in [5, 5.41) is 10.8. The summed E-state index contributed by atoms with van der Waals surface area (Å²) in [6.45, 7) is 0.167. The highest BCUT2D eigenvalue weighted by Crippen LogP contribution is 2.19. The van der Waals surface area contributed by atoms with Gasteiger partial charge in [-0.05, 0) is 23.4 Å². The van der Waals surface area contributed by atoms with E-state index < -0.39 is 17.9 Å². The van der Waals surface area contributed by atoms with Gasteiger partial charge in [-0.1, -0.05) is 36.4 Å². The van der Waals surface area contributed by atoms with E-state index in [4.69, 9.17) is 9.84 Å². The smallest absolute Gasteiger partial charge is 0.310 e. The lowest BCUT2D eigenvalue weighted by molar-refractivity contribution is -0.154. The fourth-order valence-corrected chi connectivity index (χ4v) is 2.75. The van der Waals surface area contributed by atoms with Crippen LogP contribution >= 0.6 is 11.3 Å². The molecule has 0 saturated carbocycles. The zero-order valence-corrected chi connectivity index (χ0v) is 12.2. The predicted molar refractivity (Wildman–Crippen MR) is 80.0 cm³/mol. The molecule has 0 fully saturated rings. The molecule has 0 amide bonds. The molecule has 4 nitrogen and oxygen atoms in total. The van der Waals surface area contributed by atoms with Crippen molar-refractivity contribution in [2.75, 3.05) is 0 Å². The number of carbonyl (C=O) groups is 2. The van der Waals surface area contributed by atoms with Crippen LogP contribution < -0.4 is 0 Å². The zero-order chi connectivity index (χ0) is 15.1. The maximum atomic E-state index is 12.1. The van der Waals surface area contributed by atoms with Crippen LogP contribution in [0.4, 0.5) is 0 Å². The SMILES string of the molecule is O=C(O)C[C@H](Cc1cccs1)C(=O)OCc1ccccc1. The van der Waals surface area contributed by atoms with Crippen molar-refractivity contribution in [3.05, 3.63) is 58.3 Å². The Labute approximate surface area is 127 Å². The van der Waals surface area contributed by atoms with Crippen LogP contribution in [0.15, 0.2) is 47.8 Å². The van der Waals surface area contributed by atoms with Gasteiger partial charge in [-0.15, -0.1) is 11.3 Å². The van der Waals surface area contributed by atoms with Gasteiger partial charge in [0.25, 0.3) is 0 Å². The molecule has 0 radical (unpaired) electrons. The van der Waals surface area contributed by atoms with Gasteiger partial charge in [0.2, 0.25) is 0 Å². The topological polar surface area (TPSA) is 63.6 Å². The van der Waals surface area contributed by atoms with Gasteiger partial charge in [0.1, 0.15) is 6.61 Å². The fraction of sp³-hybridized carbons (Fsp3) is 0.250. The van der Waals surface area contributed by atoms with Gasteiger partial charge in [0, 0.05) is 4.88 Å². The Morgan fingerprint density at radius 2 is 1.90 bits per heavy atom.